The van der Waals surface area contributed by atoms with Crippen LogP contribution < -0.4 is 20.3 Å². The number of unbranched alkanes of at least 4 members (excludes halogenated alkanes) is 1. The Labute approximate surface area is 211 Å². The molecule has 0 spiro atoms. The third-order valence-corrected chi connectivity index (χ3v) is 7.45. The Bertz CT molecular complexity index is 1220. The van der Waals surface area contributed by atoms with Crippen LogP contribution in [0.5, 0.6) is 5.75 Å². The number of sulfonamides is 1. The van der Waals surface area contributed by atoms with Gasteiger partial charge in [0.15, 0.2) is 0 Å². The minimum atomic E-state index is -3.84. The number of aromatic nitrogens is 2. The van der Waals surface area contributed by atoms with Crippen molar-refractivity contribution in [1.29, 1.82) is 5.41 Å². The lowest BCUT2D eigenvalue weighted by Gasteiger charge is -2.39. The monoisotopic (exact) mass is 520 g/mol. The number of nitrogens with one attached hydrogen (secondary N) is 4. The van der Waals surface area contributed by atoms with Crippen LogP contribution in [0.4, 0.5) is 5.69 Å². The van der Waals surface area contributed by atoms with Gasteiger partial charge in [0, 0.05) is 32.8 Å². The molecule has 36 heavy (non-hydrogen) atoms. The summed E-state index contributed by atoms with van der Waals surface area (Å²) < 4.78 is 34.7. The van der Waals surface area contributed by atoms with Gasteiger partial charge in [-0.1, -0.05) is 13.3 Å². The zero-order valence-corrected chi connectivity index (χ0v) is 21.9. The molecule has 0 atom stereocenters. The molecule has 5 N–H and O–H groups in total. The first-order chi connectivity index (χ1) is 17.2. The Hall–Kier alpha value is -2.80. The van der Waals surface area contributed by atoms with Crippen LogP contribution in [0.1, 0.15) is 45.2 Å². The van der Waals surface area contributed by atoms with E-state index in [1.807, 2.05) is 13.8 Å². The van der Waals surface area contributed by atoms with Crippen molar-refractivity contribution in [3.05, 3.63) is 34.2 Å². The number of ether oxygens (including phenoxy) is 1. The number of hydrogen-bond donors (Lipinski definition) is 5. The predicted molar refractivity (Wildman–Crippen MR) is 140 cm³/mol. The van der Waals surface area contributed by atoms with Crippen molar-refractivity contribution in [2.45, 2.75) is 50.5 Å². The number of aliphatic hydroxyl groups is 1. The molecule has 0 aliphatic carbocycles. The SMILES string of the molecule is CCCC(=N)c1nc(-c2cc(S(=O)(=O)NC3CN(CCCCO)C3)ccc2OCC)[nH]c(=O)c1NC. The van der Waals surface area contributed by atoms with Crippen LogP contribution in [0.3, 0.4) is 0 Å². The fourth-order valence-electron chi connectivity index (χ4n) is 4.12. The van der Waals surface area contributed by atoms with Gasteiger partial charge in [-0.2, -0.15) is 0 Å². The molecule has 1 saturated heterocycles. The number of H-pyrrole nitrogens is 1. The van der Waals surface area contributed by atoms with Crippen LogP contribution in [0.25, 0.3) is 11.4 Å². The molecule has 0 amide bonds. The van der Waals surface area contributed by atoms with Crippen LogP contribution in [0.2, 0.25) is 0 Å². The van der Waals surface area contributed by atoms with Gasteiger partial charge in [0.2, 0.25) is 10.0 Å². The second-order valence-electron chi connectivity index (χ2n) is 8.72. The Balaban J connectivity index is 1.92. The fraction of sp³-hybridized carbons (Fsp3) is 0.542. The lowest BCUT2D eigenvalue weighted by Crippen LogP contribution is -2.59. The fourth-order valence-corrected chi connectivity index (χ4v) is 5.37. The molecular formula is C24H36N6O5S. The molecule has 1 aromatic carbocycles. The summed E-state index contributed by atoms with van der Waals surface area (Å²) in [6.07, 6.45) is 2.76. The van der Waals surface area contributed by atoms with E-state index in [-0.39, 0.29) is 40.5 Å². The molecule has 1 aliphatic heterocycles. The van der Waals surface area contributed by atoms with Gasteiger partial charge >= 0.3 is 0 Å². The number of nitrogens with zero attached hydrogens (tertiary/aromatic N) is 2. The normalized spacial score (nSPS) is 14.4. The molecule has 198 valence electrons. The Morgan fingerprint density at radius 3 is 2.69 bits per heavy atom. The number of anilines is 1. The number of aromatic amines is 1. The second-order valence-corrected chi connectivity index (χ2v) is 10.4. The number of rotatable bonds is 14. The first-order valence-corrected chi connectivity index (χ1v) is 13.7. The molecule has 2 heterocycles. The highest BCUT2D eigenvalue weighted by Crippen LogP contribution is 2.31. The largest absolute Gasteiger partial charge is 0.493 e. The maximum Gasteiger partial charge on any atom is 0.275 e. The minimum Gasteiger partial charge on any atom is -0.493 e. The highest BCUT2D eigenvalue weighted by atomic mass is 32.2. The Morgan fingerprint density at radius 2 is 2.06 bits per heavy atom. The van der Waals surface area contributed by atoms with Gasteiger partial charge < -0.3 is 30.5 Å². The van der Waals surface area contributed by atoms with Crippen molar-refractivity contribution in [3.8, 4) is 17.1 Å². The molecule has 0 radical (unpaired) electrons. The summed E-state index contributed by atoms with van der Waals surface area (Å²) in [4.78, 5) is 22.2. The summed E-state index contributed by atoms with van der Waals surface area (Å²) >= 11 is 0. The predicted octanol–water partition coefficient (Wildman–Crippen LogP) is 1.78. The summed E-state index contributed by atoms with van der Waals surface area (Å²) in [5.74, 6) is 0.512. The standard InChI is InChI=1S/C24H36N6O5S/c1-4-8-19(25)21-22(26-3)24(32)28-23(27-21)18-13-17(9-10-20(18)35-5-2)36(33,34)29-16-14-30(15-16)11-6-7-12-31/h9-10,13,16,25-26,29,31H,4-8,11-12,14-15H2,1-3H3,(H,27,28,32). The highest BCUT2D eigenvalue weighted by molar-refractivity contribution is 7.89. The van der Waals surface area contributed by atoms with E-state index in [4.69, 9.17) is 15.3 Å². The molecular weight excluding hydrogens is 484 g/mol. The van der Waals surface area contributed by atoms with Crippen molar-refractivity contribution in [1.82, 2.24) is 19.6 Å². The summed E-state index contributed by atoms with van der Waals surface area (Å²) in [5, 5.41) is 20.1. The maximum absolute atomic E-state index is 13.1. The molecule has 0 bridgehead atoms. The molecule has 11 nitrogen and oxygen atoms in total. The van der Waals surface area contributed by atoms with Crippen LogP contribution >= 0.6 is 0 Å². The number of aliphatic hydroxyl groups excluding tert-OH is 1. The van der Waals surface area contributed by atoms with E-state index >= 15 is 0 Å². The quantitative estimate of drug-likeness (QED) is 0.186. The first-order valence-electron chi connectivity index (χ1n) is 12.3. The molecule has 0 unspecified atom stereocenters. The average molecular weight is 521 g/mol. The van der Waals surface area contributed by atoms with Crippen molar-refractivity contribution >= 4 is 21.4 Å². The van der Waals surface area contributed by atoms with E-state index in [1.165, 1.54) is 12.1 Å². The maximum atomic E-state index is 13.1. The van der Waals surface area contributed by atoms with Gasteiger partial charge in [-0.25, -0.2) is 18.1 Å². The van der Waals surface area contributed by atoms with E-state index in [1.54, 1.807) is 13.1 Å². The summed E-state index contributed by atoms with van der Waals surface area (Å²) in [7, 11) is -2.25. The average Bonchev–Trinajstić information content (AvgIpc) is 2.82. The van der Waals surface area contributed by atoms with Crippen LogP contribution in [-0.2, 0) is 10.0 Å². The van der Waals surface area contributed by atoms with Crippen LogP contribution in [0.15, 0.2) is 27.9 Å². The van der Waals surface area contributed by atoms with Gasteiger partial charge in [-0.05, 0) is 50.9 Å². The van der Waals surface area contributed by atoms with Crippen molar-refractivity contribution < 1.29 is 18.3 Å². The smallest absolute Gasteiger partial charge is 0.275 e. The van der Waals surface area contributed by atoms with Crippen molar-refractivity contribution in [3.63, 3.8) is 0 Å². The van der Waals surface area contributed by atoms with Crippen molar-refractivity contribution in [2.24, 2.45) is 0 Å². The van der Waals surface area contributed by atoms with Crippen molar-refractivity contribution in [2.75, 3.05) is 45.2 Å². The molecule has 12 heteroatoms. The van der Waals surface area contributed by atoms with Gasteiger partial charge in [-0.3, -0.25) is 4.79 Å². The topological polar surface area (TPSA) is 160 Å². The highest BCUT2D eigenvalue weighted by Gasteiger charge is 2.31. The summed E-state index contributed by atoms with van der Waals surface area (Å²) in [6, 6.07) is 4.26. The molecule has 0 saturated carbocycles. The third kappa shape index (κ3) is 6.49. The lowest BCUT2D eigenvalue weighted by molar-refractivity contribution is 0.135. The van der Waals surface area contributed by atoms with E-state index in [0.717, 1.165) is 25.8 Å². The lowest BCUT2D eigenvalue weighted by atomic mass is 10.1. The van der Waals surface area contributed by atoms with Gasteiger partial charge in [-0.15, -0.1) is 0 Å². The number of likely N-dealkylation sites (tertiary alicyclic amines) is 1. The molecule has 1 aliphatic rings. The molecule has 3 rings (SSSR count). The summed E-state index contributed by atoms with van der Waals surface area (Å²) in [5.41, 5.74) is 0.496. The van der Waals surface area contributed by atoms with E-state index in [9.17, 15) is 13.2 Å². The first kappa shape index (κ1) is 27.8. The number of hydrogen-bond acceptors (Lipinski definition) is 9. The van der Waals surface area contributed by atoms with E-state index in [0.29, 0.717) is 37.4 Å². The number of benzene rings is 1. The zero-order valence-electron chi connectivity index (χ0n) is 21.1. The Kier molecular flexibility index (Phi) is 9.60. The van der Waals surface area contributed by atoms with E-state index < -0.39 is 15.6 Å². The van der Waals surface area contributed by atoms with Crippen LogP contribution in [-0.4, -0.2) is 80.0 Å². The minimum absolute atomic E-state index is 0.0326. The molecule has 2 aromatic rings. The summed E-state index contributed by atoms with van der Waals surface area (Å²) in [6.45, 7) is 6.28. The van der Waals surface area contributed by atoms with Gasteiger partial charge in [0.1, 0.15) is 23.0 Å². The van der Waals surface area contributed by atoms with E-state index in [2.05, 4.69) is 24.9 Å². The Morgan fingerprint density at radius 1 is 1.31 bits per heavy atom. The molecule has 1 fully saturated rings. The second kappa shape index (κ2) is 12.4. The van der Waals surface area contributed by atoms with Gasteiger partial charge in [0.25, 0.3) is 5.56 Å². The zero-order chi connectivity index (χ0) is 26.3. The van der Waals surface area contributed by atoms with Crippen LogP contribution in [0, 0.1) is 5.41 Å². The van der Waals surface area contributed by atoms with Gasteiger partial charge in [0.05, 0.1) is 22.8 Å². The third-order valence-electron chi connectivity index (χ3n) is 5.93. The molecule has 1 aromatic heterocycles.